The van der Waals surface area contributed by atoms with Crippen LogP contribution >= 0.6 is 0 Å². The minimum atomic E-state index is -0.467. The fourth-order valence-corrected chi connectivity index (χ4v) is 2.64. The van der Waals surface area contributed by atoms with Crippen molar-refractivity contribution in [2.75, 3.05) is 11.9 Å². The summed E-state index contributed by atoms with van der Waals surface area (Å²) in [5.41, 5.74) is 1.58. The highest BCUT2D eigenvalue weighted by Crippen LogP contribution is 2.28. The number of aromatic nitrogens is 2. The lowest BCUT2D eigenvalue weighted by atomic mass is 10.1. The molecule has 0 spiro atoms. The van der Waals surface area contributed by atoms with Crippen molar-refractivity contribution in [1.29, 1.82) is 0 Å². The number of carbonyl (C=O) groups is 2. The van der Waals surface area contributed by atoms with Crippen LogP contribution in [-0.4, -0.2) is 28.4 Å². The number of anilines is 1. The van der Waals surface area contributed by atoms with Crippen LogP contribution in [0, 0.1) is 5.92 Å². The van der Waals surface area contributed by atoms with Gasteiger partial charge in [-0.05, 0) is 30.0 Å². The maximum absolute atomic E-state index is 12.3. The normalized spacial score (nSPS) is 13.0. The zero-order valence-electron chi connectivity index (χ0n) is 14.6. The third-order valence-electron chi connectivity index (χ3n) is 3.76. The molecule has 1 aromatic carbocycles. The predicted octanol–water partition coefficient (Wildman–Crippen LogP) is 1.97. The standard InChI is InChI=1S/C18H20N4O4.3H2/c1-10(2)5-12-7-15(23)22-17(20-12)18(25)19-8-11-3-4-14-13(6-11)21-16(24)9-26-14;;;/h3-4,6-7,10H,5,8-9H2,1-2H3,(H,19,25)(H,21,24)(H,20,22,23);3*1H. The number of rotatable bonds is 5. The first-order valence-corrected chi connectivity index (χ1v) is 8.34. The van der Waals surface area contributed by atoms with E-state index in [0.717, 1.165) is 5.56 Å². The second-order valence-electron chi connectivity index (χ2n) is 6.53. The monoisotopic (exact) mass is 362 g/mol. The fraction of sp³-hybridized carbons (Fsp3) is 0.333. The van der Waals surface area contributed by atoms with E-state index < -0.39 is 5.91 Å². The highest BCUT2D eigenvalue weighted by Gasteiger charge is 2.16. The van der Waals surface area contributed by atoms with Gasteiger partial charge in [0, 0.05) is 22.6 Å². The topological polar surface area (TPSA) is 113 Å². The molecule has 1 aromatic heterocycles. The molecule has 142 valence electrons. The molecule has 0 unspecified atom stereocenters. The van der Waals surface area contributed by atoms with E-state index in [0.29, 0.717) is 29.5 Å². The van der Waals surface area contributed by atoms with E-state index in [4.69, 9.17) is 4.74 Å². The summed E-state index contributed by atoms with van der Waals surface area (Å²) >= 11 is 0. The Kier molecular flexibility index (Phi) is 5.01. The first kappa shape index (κ1) is 17.7. The van der Waals surface area contributed by atoms with Crippen molar-refractivity contribution in [2.24, 2.45) is 5.92 Å². The molecule has 2 amide bonds. The van der Waals surface area contributed by atoms with Gasteiger partial charge in [0.2, 0.25) is 0 Å². The van der Waals surface area contributed by atoms with Crippen LogP contribution in [0.25, 0.3) is 0 Å². The molecule has 8 nitrogen and oxygen atoms in total. The number of carbonyl (C=O) groups excluding carboxylic acids is 2. The van der Waals surface area contributed by atoms with Gasteiger partial charge in [-0.2, -0.15) is 0 Å². The first-order valence-electron chi connectivity index (χ1n) is 8.34. The zero-order valence-corrected chi connectivity index (χ0v) is 14.6. The Bertz CT molecular complexity index is 918. The summed E-state index contributed by atoms with van der Waals surface area (Å²) in [5, 5.41) is 5.43. The SMILES string of the molecule is CC(C)Cc1cc(=O)[nH]c(C(=O)NCc2ccc3c(c2)NC(=O)CO3)n1.[HH].[HH].[HH]. The molecule has 2 heterocycles. The molecule has 8 heteroatoms. The minimum Gasteiger partial charge on any atom is -0.482 e. The van der Waals surface area contributed by atoms with E-state index >= 15 is 0 Å². The van der Waals surface area contributed by atoms with Crippen molar-refractivity contribution in [3.63, 3.8) is 0 Å². The number of nitrogens with zero attached hydrogens (tertiary/aromatic N) is 1. The molecule has 26 heavy (non-hydrogen) atoms. The Hall–Kier alpha value is -3.16. The van der Waals surface area contributed by atoms with Crippen LogP contribution < -0.4 is 20.9 Å². The second-order valence-corrected chi connectivity index (χ2v) is 6.53. The van der Waals surface area contributed by atoms with Crippen molar-refractivity contribution in [3.8, 4) is 5.75 Å². The average molecular weight is 362 g/mol. The van der Waals surface area contributed by atoms with Crippen LogP contribution in [0.4, 0.5) is 5.69 Å². The van der Waals surface area contributed by atoms with E-state index in [1.807, 2.05) is 13.8 Å². The Morgan fingerprint density at radius 2 is 2.15 bits per heavy atom. The quantitative estimate of drug-likeness (QED) is 0.752. The number of ether oxygens (including phenoxy) is 1. The number of fused-ring (bicyclic) bond motifs is 1. The van der Waals surface area contributed by atoms with Gasteiger partial charge in [-0.1, -0.05) is 19.9 Å². The van der Waals surface area contributed by atoms with Crippen molar-refractivity contribution >= 4 is 17.5 Å². The van der Waals surface area contributed by atoms with Crippen LogP contribution in [0.2, 0.25) is 0 Å². The zero-order chi connectivity index (χ0) is 18.7. The van der Waals surface area contributed by atoms with Gasteiger partial charge in [-0.3, -0.25) is 14.4 Å². The Labute approximate surface area is 154 Å². The lowest BCUT2D eigenvalue weighted by Gasteiger charge is -2.18. The third kappa shape index (κ3) is 4.27. The van der Waals surface area contributed by atoms with Gasteiger partial charge in [0.05, 0.1) is 5.69 Å². The predicted molar refractivity (Wildman–Crippen MR) is 101 cm³/mol. The summed E-state index contributed by atoms with van der Waals surface area (Å²) in [6.45, 7) is 4.25. The highest BCUT2D eigenvalue weighted by molar-refractivity contribution is 5.95. The molecule has 1 aliphatic rings. The number of H-pyrrole nitrogens is 1. The lowest BCUT2D eigenvalue weighted by Crippen LogP contribution is -2.28. The van der Waals surface area contributed by atoms with Gasteiger partial charge in [-0.25, -0.2) is 4.98 Å². The van der Waals surface area contributed by atoms with Crippen molar-refractivity contribution in [1.82, 2.24) is 15.3 Å². The number of hydrogen-bond donors (Lipinski definition) is 3. The minimum absolute atomic E-state index is 0. The highest BCUT2D eigenvalue weighted by atomic mass is 16.5. The molecular weight excluding hydrogens is 336 g/mol. The van der Waals surface area contributed by atoms with Crippen LogP contribution in [0.5, 0.6) is 5.75 Å². The van der Waals surface area contributed by atoms with E-state index in [-0.39, 0.29) is 34.7 Å². The molecule has 1 aliphatic heterocycles. The summed E-state index contributed by atoms with van der Waals surface area (Å²) in [6.07, 6.45) is 0.620. The van der Waals surface area contributed by atoms with Gasteiger partial charge in [0.25, 0.3) is 17.4 Å². The number of nitrogens with one attached hydrogen (secondary N) is 3. The third-order valence-corrected chi connectivity index (χ3v) is 3.76. The molecule has 3 N–H and O–H groups in total. The van der Waals surface area contributed by atoms with Crippen molar-refractivity contribution in [3.05, 3.63) is 51.7 Å². The lowest BCUT2D eigenvalue weighted by molar-refractivity contribution is -0.118. The number of aromatic amines is 1. The van der Waals surface area contributed by atoms with Gasteiger partial charge >= 0.3 is 0 Å². The molecular formula is C18H26N4O4. The van der Waals surface area contributed by atoms with E-state index in [1.54, 1.807) is 18.2 Å². The van der Waals surface area contributed by atoms with Crippen LogP contribution in [0.15, 0.2) is 29.1 Å². The summed E-state index contributed by atoms with van der Waals surface area (Å²) in [4.78, 5) is 42.1. The maximum atomic E-state index is 12.3. The second kappa shape index (κ2) is 7.38. The molecule has 2 aromatic rings. The fourth-order valence-electron chi connectivity index (χ4n) is 2.64. The van der Waals surface area contributed by atoms with Gasteiger partial charge in [0.15, 0.2) is 12.4 Å². The van der Waals surface area contributed by atoms with Gasteiger partial charge < -0.3 is 20.4 Å². The van der Waals surface area contributed by atoms with E-state index in [1.165, 1.54) is 6.07 Å². The number of hydrogen-bond acceptors (Lipinski definition) is 5. The van der Waals surface area contributed by atoms with Crippen LogP contribution in [-0.2, 0) is 17.8 Å². The molecule has 0 aliphatic carbocycles. The molecule has 3 rings (SSSR count). The summed E-state index contributed by atoms with van der Waals surface area (Å²) in [5.74, 6) is 0.219. The molecule has 0 radical (unpaired) electrons. The smallest absolute Gasteiger partial charge is 0.287 e. The Morgan fingerprint density at radius 1 is 1.35 bits per heavy atom. The number of amides is 2. The summed E-state index contributed by atoms with van der Waals surface area (Å²) in [7, 11) is 0. The van der Waals surface area contributed by atoms with Gasteiger partial charge in [0.1, 0.15) is 5.75 Å². The molecule has 0 saturated heterocycles. The summed E-state index contributed by atoms with van der Waals surface area (Å²) < 4.78 is 5.29. The molecule has 0 bridgehead atoms. The molecule has 0 fully saturated rings. The Morgan fingerprint density at radius 3 is 2.92 bits per heavy atom. The molecule has 0 saturated carbocycles. The van der Waals surface area contributed by atoms with Crippen LogP contribution in [0.3, 0.4) is 0 Å². The van der Waals surface area contributed by atoms with E-state index in [9.17, 15) is 14.4 Å². The van der Waals surface area contributed by atoms with Crippen LogP contribution in [0.1, 0.15) is 40.0 Å². The largest absolute Gasteiger partial charge is 0.482 e. The average Bonchev–Trinajstić information content (AvgIpc) is 2.58. The van der Waals surface area contributed by atoms with Gasteiger partial charge in [-0.15, -0.1) is 0 Å². The van der Waals surface area contributed by atoms with Crippen molar-refractivity contribution < 1.29 is 18.6 Å². The Balaban J connectivity index is 0.00000261. The van der Waals surface area contributed by atoms with E-state index in [2.05, 4.69) is 20.6 Å². The number of benzene rings is 1. The van der Waals surface area contributed by atoms with Crippen molar-refractivity contribution in [2.45, 2.75) is 26.8 Å². The maximum Gasteiger partial charge on any atom is 0.287 e. The first-order chi connectivity index (χ1) is 12.4. The molecule has 0 atom stereocenters. The summed E-state index contributed by atoms with van der Waals surface area (Å²) in [6, 6.07) is 6.67.